The monoisotopic (exact) mass is 153 g/mol. The minimum Gasteiger partial charge on any atom is -0.0620 e. The fraction of sp³-hybridized carbons (Fsp3) is 0.333. The van der Waals surface area contributed by atoms with Crippen LogP contribution < -0.4 is 5.30 Å². The smallest absolute Gasteiger partial charge is 0.0620 e. The molecule has 1 rings (SSSR count). The van der Waals surface area contributed by atoms with Crippen molar-refractivity contribution >= 4 is 13.2 Å². The van der Waals surface area contributed by atoms with Crippen molar-refractivity contribution in [1.29, 1.82) is 0 Å². The van der Waals surface area contributed by atoms with Crippen LogP contribution in [0.2, 0.25) is 0 Å². The van der Waals surface area contributed by atoms with Gasteiger partial charge in [0.15, 0.2) is 0 Å². The number of rotatable bonds is 2. The highest BCUT2D eigenvalue weighted by atomic mass is 31.1. The molecule has 1 heteroatoms. The average molecular weight is 153 g/mol. The molecule has 0 bridgehead atoms. The van der Waals surface area contributed by atoms with E-state index in [9.17, 15) is 0 Å². The summed E-state index contributed by atoms with van der Waals surface area (Å²) in [5.41, 5.74) is 0. The molecule has 54 valence electrons. The van der Waals surface area contributed by atoms with E-state index in [-0.39, 0.29) is 7.92 Å². The van der Waals surface area contributed by atoms with Crippen molar-refractivity contribution in [3.05, 3.63) is 30.3 Å². The molecule has 0 saturated heterocycles. The normalized spacial score (nSPS) is 13.0. The van der Waals surface area contributed by atoms with Gasteiger partial charge in [-0.15, -0.1) is 0 Å². The molecule has 1 unspecified atom stereocenters. The van der Waals surface area contributed by atoms with Crippen molar-refractivity contribution in [2.75, 3.05) is 12.8 Å². The molecule has 0 saturated carbocycles. The molecule has 0 aliphatic carbocycles. The Morgan fingerprint density at radius 1 is 1.20 bits per heavy atom. The summed E-state index contributed by atoms with van der Waals surface area (Å²) in [4.78, 5) is 0. The third-order valence-electron chi connectivity index (χ3n) is 1.80. The van der Waals surface area contributed by atoms with E-state index in [1.807, 2.05) is 0 Å². The zero-order chi connectivity index (χ0) is 7.40. The average Bonchev–Trinajstić information content (AvgIpc) is 2.05. The molecule has 0 nitrogen and oxygen atoms in total. The van der Waals surface area contributed by atoms with Crippen molar-refractivity contribution in [1.82, 2.24) is 0 Å². The molecule has 1 aromatic rings. The van der Waals surface area contributed by atoms with E-state index in [4.69, 9.17) is 0 Å². The third kappa shape index (κ3) is 1.82. The van der Waals surface area contributed by atoms with Gasteiger partial charge in [-0.25, -0.2) is 0 Å². The van der Waals surface area contributed by atoms with E-state index >= 15 is 0 Å². The van der Waals surface area contributed by atoms with Gasteiger partial charge in [-0.2, -0.15) is 0 Å². The molecule has 0 spiro atoms. The topological polar surface area (TPSA) is 0 Å². The van der Waals surface area contributed by atoms with Crippen LogP contribution in [0.4, 0.5) is 0 Å². The summed E-state index contributed by atoms with van der Waals surface area (Å²) in [6.45, 7) is 4.63. The Balaban J connectivity index is 2.75. The predicted octanol–water partition coefficient (Wildman–Crippen LogP) is 2.18. The molecule has 10 heavy (non-hydrogen) atoms. The predicted molar refractivity (Wildman–Crippen MR) is 50.9 cm³/mol. The van der Waals surface area contributed by atoms with Gasteiger partial charge < -0.3 is 0 Å². The van der Waals surface area contributed by atoms with Crippen molar-refractivity contribution < 1.29 is 0 Å². The Morgan fingerprint density at radius 2 is 1.80 bits per heavy atom. The summed E-state index contributed by atoms with van der Waals surface area (Å²) >= 11 is 0. The van der Waals surface area contributed by atoms with Crippen LogP contribution >= 0.6 is 7.92 Å². The lowest BCUT2D eigenvalue weighted by Gasteiger charge is -1.99. The van der Waals surface area contributed by atoms with Crippen LogP contribution in [0.3, 0.4) is 0 Å². The number of hydrogen-bond acceptors (Lipinski definition) is 0. The van der Waals surface area contributed by atoms with E-state index in [0.29, 0.717) is 0 Å². The maximum Gasteiger partial charge on any atom is 0.0911 e. The summed E-state index contributed by atoms with van der Waals surface area (Å²) in [6, 6.07) is 10.8. The zero-order valence-corrected chi connectivity index (χ0v) is 7.59. The summed E-state index contributed by atoms with van der Waals surface area (Å²) in [6.07, 6.45) is 1.33. The zero-order valence-electron chi connectivity index (χ0n) is 6.59. The van der Waals surface area contributed by atoms with E-state index in [1.54, 1.807) is 5.30 Å². The first-order valence-electron chi connectivity index (χ1n) is 3.72. The molecule has 0 radical (unpaired) electrons. The summed E-state index contributed by atoms with van der Waals surface area (Å²) in [5.74, 6) is 0. The maximum atomic E-state index is 2.36. The second kappa shape index (κ2) is 3.73. The molecular formula is C9H14P+. The van der Waals surface area contributed by atoms with Gasteiger partial charge >= 0.3 is 0 Å². The van der Waals surface area contributed by atoms with Gasteiger partial charge in [0.2, 0.25) is 0 Å². The number of hydrogen-bond donors (Lipinski definition) is 0. The Bertz CT molecular complexity index is 181. The fourth-order valence-electron chi connectivity index (χ4n) is 0.927. The Hall–Kier alpha value is -0.350. The lowest BCUT2D eigenvalue weighted by atomic mass is 10.4. The van der Waals surface area contributed by atoms with Gasteiger partial charge in [0.1, 0.15) is 0 Å². The minimum atomic E-state index is -0.207. The van der Waals surface area contributed by atoms with Crippen LogP contribution in [0.5, 0.6) is 0 Å². The molecule has 1 aromatic carbocycles. The molecule has 1 atom stereocenters. The van der Waals surface area contributed by atoms with Crippen LogP contribution in [-0.4, -0.2) is 12.8 Å². The van der Waals surface area contributed by atoms with Crippen molar-refractivity contribution in [2.24, 2.45) is 0 Å². The molecule has 0 amide bonds. The second-order valence-corrected chi connectivity index (χ2v) is 5.35. The highest BCUT2D eigenvalue weighted by molar-refractivity contribution is 7.64. The quantitative estimate of drug-likeness (QED) is 0.571. The van der Waals surface area contributed by atoms with Gasteiger partial charge in [-0.05, 0) is 19.1 Å². The summed E-state index contributed by atoms with van der Waals surface area (Å²) in [5, 5.41) is 1.55. The minimum absolute atomic E-state index is 0.207. The third-order valence-corrected chi connectivity index (χ3v) is 4.18. The van der Waals surface area contributed by atoms with Crippen molar-refractivity contribution in [3.63, 3.8) is 0 Å². The first-order valence-corrected chi connectivity index (χ1v) is 5.93. The molecule has 0 aromatic heterocycles. The van der Waals surface area contributed by atoms with Gasteiger partial charge in [-0.1, -0.05) is 18.2 Å². The van der Waals surface area contributed by atoms with Gasteiger partial charge in [0.25, 0.3) is 0 Å². The van der Waals surface area contributed by atoms with Crippen LogP contribution in [0.1, 0.15) is 6.92 Å². The van der Waals surface area contributed by atoms with Crippen molar-refractivity contribution in [2.45, 2.75) is 6.92 Å². The maximum absolute atomic E-state index is 2.36. The highest BCUT2D eigenvalue weighted by Gasteiger charge is 2.06. The van der Waals surface area contributed by atoms with Crippen molar-refractivity contribution in [3.8, 4) is 0 Å². The van der Waals surface area contributed by atoms with Crippen LogP contribution in [-0.2, 0) is 0 Å². The van der Waals surface area contributed by atoms with E-state index in [1.165, 1.54) is 6.16 Å². The standard InChI is InChI=1S/C9H13P/c1-3-10(2)9-7-5-4-6-8-9/h4-8H,3H2,1-2H3/p+1. The van der Waals surface area contributed by atoms with E-state index < -0.39 is 0 Å². The molecule has 0 aliphatic heterocycles. The lowest BCUT2D eigenvalue weighted by Crippen LogP contribution is -1.98. The number of benzene rings is 1. The Morgan fingerprint density at radius 3 is 2.30 bits per heavy atom. The molecule has 0 N–H and O–H groups in total. The lowest BCUT2D eigenvalue weighted by molar-refractivity contribution is 1.50. The van der Waals surface area contributed by atoms with E-state index in [2.05, 4.69) is 43.9 Å². The summed E-state index contributed by atoms with van der Waals surface area (Å²) in [7, 11) is -0.207. The summed E-state index contributed by atoms with van der Waals surface area (Å²) < 4.78 is 0. The second-order valence-electron chi connectivity index (χ2n) is 2.50. The molecule has 0 aliphatic rings. The van der Waals surface area contributed by atoms with Gasteiger partial charge in [0, 0.05) is 7.92 Å². The van der Waals surface area contributed by atoms with Crippen LogP contribution in [0.25, 0.3) is 0 Å². The molecule has 0 fully saturated rings. The highest BCUT2D eigenvalue weighted by Crippen LogP contribution is 2.27. The fourth-order valence-corrected chi connectivity index (χ4v) is 2.10. The van der Waals surface area contributed by atoms with Gasteiger partial charge in [-0.3, -0.25) is 0 Å². The molecular weight excluding hydrogens is 139 g/mol. The SMILES string of the molecule is CC[PH+](C)c1ccccc1. The van der Waals surface area contributed by atoms with Crippen LogP contribution in [0, 0.1) is 0 Å². The Labute approximate surface area is 64.0 Å². The van der Waals surface area contributed by atoms with Gasteiger partial charge in [0.05, 0.1) is 18.1 Å². The Kier molecular flexibility index (Phi) is 2.89. The first kappa shape index (κ1) is 7.75. The largest absolute Gasteiger partial charge is 0.0911 e. The molecule has 0 heterocycles. The first-order chi connectivity index (χ1) is 4.84. The van der Waals surface area contributed by atoms with E-state index in [0.717, 1.165) is 0 Å². The van der Waals surface area contributed by atoms with Crippen LogP contribution in [0.15, 0.2) is 30.3 Å².